The van der Waals surface area contributed by atoms with Crippen molar-refractivity contribution in [1.29, 1.82) is 5.26 Å². The van der Waals surface area contributed by atoms with Gasteiger partial charge in [0.25, 0.3) is 5.91 Å². The van der Waals surface area contributed by atoms with Crippen molar-refractivity contribution in [2.75, 3.05) is 13.7 Å². The zero-order valence-electron chi connectivity index (χ0n) is 13.4. The van der Waals surface area contributed by atoms with Crippen LogP contribution in [0.4, 0.5) is 0 Å². The number of amides is 1. The molecule has 0 saturated heterocycles. The fraction of sp³-hybridized carbons (Fsp3) is 0.263. The lowest BCUT2D eigenvalue weighted by Crippen LogP contribution is -2.19. The molecule has 23 heavy (non-hydrogen) atoms. The molecule has 2 aromatic carbocycles. The number of rotatable bonds is 6. The molecule has 0 atom stereocenters. The van der Waals surface area contributed by atoms with Crippen LogP contribution in [0.25, 0.3) is 16.8 Å². The molecule has 0 fully saturated rings. The summed E-state index contributed by atoms with van der Waals surface area (Å²) in [6, 6.07) is 13.7. The van der Waals surface area contributed by atoms with E-state index in [-0.39, 0.29) is 5.57 Å². The van der Waals surface area contributed by atoms with Gasteiger partial charge in [0.05, 0.1) is 6.61 Å². The van der Waals surface area contributed by atoms with Crippen molar-refractivity contribution in [3.8, 4) is 11.8 Å². The van der Waals surface area contributed by atoms with E-state index in [1.807, 2.05) is 42.5 Å². The Bertz CT molecular complexity index is 773. The van der Waals surface area contributed by atoms with Crippen molar-refractivity contribution in [1.82, 2.24) is 5.32 Å². The van der Waals surface area contributed by atoms with Gasteiger partial charge in [-0.25, -0.2) is 0 Å². The molecule has 0 saturated carbocycles. The molecule has 0 spiro atoms. The summed E-state index contributed by atoms with van der Waals surface area (Å²) in [5.41, 5.74) is 0.823. The molecular formula is C19H20N2O2. The molecule has 4 heteroatoms. The van der Waals surface area contributed by atoms with Crippen molar-refractivity contribution in [3.05, 3.63) is 47.5 Å². The average molecular weight is 308 g/mol. The molecule has 0 aliphatic rings. The van der Waals surface area contributed by atoms with E-state index in [4.69, 9.17) is 4.74 Å². The summed E-state index contributed by atoms with van der Waals surface area (Å²) in [6.45, 7) is 2.71. The molecule has 118 valence electrons. The number of carbonyl (C=O) groups is 1. The maximum absolute atomic E-state index is 11.8. The van der Waals surface area contributed by atoms with Gasteiger partial charge in [-0.05, 0) is 29.3 Å². The number of nitrogens with one attached hydrogen (secondary N) is 1. The van der Waals surface area contributed by atoms with E-state index in [0.717, 1.165) is 29.2 Å². The number of carbonyl (C=O) groups excluding carboxylic acids is 1. The van der Waals surface area contributed by atoms with Gasteiger partial charge in [0.15, 0.2) is 0 Å². The zero-order chi connectivity index (χ0) is 16.7. The monoisotopic (exact) mass is 308 g/mol. The van der Waals surface area contributed by atoms with Gasteiger partial charge in [-0.2, -0.15) is 5.26 Å². The first kappa shape index (κ1) is 16.6. The van der Waals surface area contributed by atoms with Crippen LogP contribution in [-0.2, 0) is 4.79 Å². The van der Waals surface area contributed by atoms with Gasteiger partial charge in [0.2, 0.25) is 0 Å². The van der Waals surface area contributed by atoms with Crippen LogP contribution in [0, 0.1) is 11.3 Å². The Hall–Kier alpha value is -2.80. The summed E-state index contributed by atoms with van der Waals surface area (Å²) in [6.07, 6.45) is 3.60. The Labute approximate surface area is 136 Å². The van der Waals surface area contributed by atoms with E-state index in [9.17, 15) is 10.1 Å². The SMILES string of the molecule is CCCCOc1ccc2ccccc2c1/C=C(\C#N)C(=O)NC. The highest BCUT2D eigenvalue weighted by atomic mass is 16.5. The van der Waals surface area contributed by atoms with Crippen LogP contribution in [0.3, 0.4) is 0 Å². The minimum absolute atomic E-state index is 0.0594. The summed E-state index contributed by atoms with van der Waals surface area (Å²) in [5, 5.41) is 13.7. The number of nitriles is 1. The summed E-state index contributed by atoms with van der Waals surface area (Å²) in [4.78, 5) is 11.8. The van der Waals surface area contributed by atoms with Crippen molar-refractivity contribution < 1.29 is 9.53 Å². The van der Waals surface area contributed by atoms with Gasteiger partial charge in [-0.1, -0.05) is 43.7 Å². The topological polar surface area (TPSA) is 62.1 Å². The van der Waals surface area contributed by atoms with Crippen LogP contribution in [0.15, 0.2) is 42.0 Å². The van der Waals surface area contributed by atoms with Crippen molar-refractivity contribution >= 4 is 22.8 Å². The number of benzene rings is 2. The Morgan fingerprint density at radius 3 is 2.78 bits per heavy atom. The summed E-state index contributed by atoms with van der Waals surface area (Å²) in [5.74, 6) is 0.286. The smallest absolute Gasteiger partial charge is 0.261 e. The number of unbranched alkanes of at least 4 members (excludes halogenated alkanes) is 1. The Balaban J connectivity index is 2.56. The van der Waals surface area contributed by atoms with Crippen molar-refractivity contribution in [2.24, 2.45) is 0 Å². The first-order valence-electron chi connectivity index (χ1n) is 7.69. The molecule has 2 aromatic rings. The second-order valence-corrected chi connectivity index (χ2v) is 5.15. The molecule has 0 aliphatic heterocycles. The van der Waals surface area contributed by atoms with Gasteiger partial charge in [0.1, 0.15) is 17.4 Å². The summed E-state index contributed by atoms with van der Waals surface area (Å²) >= 11 is 0. The van der Waals surface area contributed by atoms with Crippen LogP contribution >= 0.6 is 0 Å². The third-order valence-corrected chi connectivity index (χ3v) is 3.57. The van der Waals surface area contributed by atoms with Gasteiger partial charge in [0, 0.05) is 12.6 Å². The van der Waals surface area contributed by atoms with E-state index in [1.165, 1.54) is 7.05 Å². The lowest BCUT2D eigenvalue weighted by atomic mass is 10.0. The maximum Gasteiger partial charge on any atom is 0.261 e. The Morgan fingerprint density at radius 1 is 1.30 bits per heavy atom. The normalized spacial score (nSPS) is 11.1. The molecule has 0 heterocycles. The number of nitrogens with zero attached hydrogens (tertiary/aromatic N) is 1. The fourth-order valence-electron chi connectivity index (χ4n) is 2.30. The number of fused-ring (bicyclic) bond motifs is 1. The molecule has 1 amide bonds. The van der Waals surface area contributed by atoms with Crippen LogP contribution in [-0.4, -0.2) is 19.6 Å². The molecule has 4 nitrogen and oxygen atoms in total. The summed E-state index contributed by atoms with van der Waals surface area (Å²) in [7, 11) is 1.51. The summed E-state index contributed by atoms with van der Waals surface area (Å²) < 4.78 is 5.86. The molecular weight excluding hydrogens is 288 g/mol. The van der Waals surface area contributed by atoms with E-state index in [0.29, 0.717) is 12.4 Å². The molecule has 0 aromatic heterocycles. The predicted molar refractivity (Wildman–Crippen MR) is 92.0 cm³/mol. The number of hydrogen-bond donors (Lipinski definition) is 1. The van der Waals surface area contributed by atoms with Crippen LogP contribution in [0.5, 0.6) is 5.75 Å². The van der Waals surface area contributed by atoms with E-state index in [1.54, 1.807) is 6.08 Å². The van der Waals surface area contributed by atoms with Crippen LogP contribution in [0.2, 0.25) is 0 Å². The van der Waals surface area contributed by atoms with Crippen molar-refractivity contribution in [3.63, 3.8) is 0 Å². The first-order chi connectivity index (χ1) is 11.2. The highest BCUT2D eigenvalue weighted by molar-refractivity contribution is 6.04. The quantitative estimate of drug-likeness (QED) is 0.503. The number of likely N-dealkylation sites (N-methyl/N-ethyl adjacent to an activating group) is 1. The van der Waals surface area contributed by atoms with Gasteiger partial charge >= 0.3 is 0 Å². The van der Waals surface area contributed by atoms with E-state index in [2.05, 4.69) is 12.2 Å². The predicted octanol–water partition coefficient (Wildman–Crippen LogP) is 3.67. The number of ether oxygens (including phenoxy) is 1. The standard InChI is InChI=1S/C19H20N2O2/c1-3-4-11-23-18-10-9-14-7-5-6-8-16(14)17(18)12-15(13-20)19(22)21-2/h5-10,12H,3-4,11H2,1-2H3,(H,21,22)/b15-12+. The minimum atomic E-state index is -0.403. The highest BCUT2D eigenvalue weighted by Gasteiger charge is 2.12. The van der Waals surface area contributed by atoms with Gasteiger partial charge in [-0.3, -0.25) is 4.79 Å². The van der Waals surface area contributed by atoms with E-state index >= 15 is 0 Å². The van der Waals surface area contributed by atoms with Crippen LogP contribution < -0.4 is 10.1 Å². The molecule has 0 radical (unpaired) electrons. The average Bonchev–Trinajstić information content (AvgIpc) is 2.60. The molecule has 2 rings (SSSR count). The molecule has 1 N–H and O–H groups in total. The minimum Gasteiger partial charge on any atom is -0.493 e. The molecule has 0 bridgehead atoms. The first-order valence-corrected chi connectivity index (χ1v) is 7.69. The second kappa shape index (κ2) is 8.00. The van der Waals surface area contributed by atoms with Crippen molar-refractivity contribution in [2.45, 2.75) is 19.8 Å². The van der Waals surface area contributed by atoms with Gasteiger partial charge in [-0.15, -0.1) is 0 Å². The zero-order valence-corrected chi connectivity index (χ0v) is 13.4. The fourth-order valence-corrected chi connectivity index (χ4v) is 2.30. The largest absolute Gasteiger partial charge is 0.493 e. The maximum atomic E-state index is 11.8. The lowest BCUT2D eigenvalue weighted by molar-refractivity contribution is -0.116. The number of hydrogen-bond acceptors (Lipinski definition) is 3. The van der Waals surface area contributed by atoms with Crippen LogP contribution in [0.1, 0.15) is 25.3 Å². The Morgan fingerprint density at radius 2 is 2.09 bits per heavy atom. The van der Waals surface area contributed by atoms with Gasteiger partial charge < -0.3 is 10.1 Å². The third kappa shape index (κ3) is 3.89. The molecule has 0 unspecified atom stereocenters. The third-order valence-electron chi connectivity index (χ3n) is 3.57. The Kier molecular flexibility index (Phi) is 5.76. The van der Waals surface area contributed by atoms with E-state index < -0.39 is 5.91 Å². The highest BCUT2D eigenvalue weighted by Crippen LogP contribution is 2.30. The second-order valence-electron chi connectivity index (χ2n) is 5.15. The lowest BCUT2D eigenvalue weighted by Gasteiger charge is -2.12. The molecule has 0 aliphatic carbocycles.